The van der Waals surface area contributed by atoms with Gasteiger partial charge in [-0.15, -0.1) is 11.3 Å². The third kappa shape index (κ3) is 3.45. The van der Waals surface area contributed by atoms with E-state index in [1.54, 1.807) is 11.3 Å². The maximum Gasteiger partial charge on any atom is 0.131 e. The maximum atomic E-state index is 13.7. The van der Waals surface area contributed by atoms with Gasteiger partial charge in [-0.2, -0.15) is 0 Å². The summed E-state index contributed by atoms with van der Waals surface area (Å²) in [5, 5.41) is 13.5. The van der Waals surface area contributed by atoms with Gasteiger partial charge in [-0.3, -0.25) is 4.90 Å². The van der Waals surface area contributed by atoms with Crippen molar-refractivity contribution in [2.24, 2.45) is 0 Å². The first-order valence-corrected chi connectivity index (χ1v) is 8.15. The number of benzene rings is 1. The van der Waals surface area contributed by atoms with E-state index in [0.29, 0.717) is 6.54 Å². The van der Waals surface area contributed by atoms with Crippen molar-refractivity contribution in [1.29, 1.82) is 0 Å². The van der Waals surface area contributed by atoms with Gasteiger partial charge >= 0.3 is 0 Å². The van der Waals surface area contributed by atoms with Crippen LogP contribution in [0, 0.1) is 11.6 Å². The predicted octanol–water partition coefficient (Wildman–Crippen LogP) is 2.88. The SMILES string of the molecule is OC(CN1CCN(c2cccs2)CC1)c1ccc(F)cc1F. The fourth-order valence-electron chi connectivity index (χ4n) is 2.72. The fourth-order valence-corrected chi connectivity index (χ4v) is 3.50. The molecule has 1 aliphatic rings. The Balaban J connectivity index is 1.56. The van der Waals surface area contributed by atoms with E-state index in [4.69, 9.17) is 0 Å². The van der Waals surface area contributed by atoms with Crippen molar-refractivity contribution in [2.45, 2.75) is 6.10 Å². The van der Waals surface area contributed by atoms with Gasteiger partial charge in [0, 0.05) is 44.4 Å². The quantitative estimate of drug-likeness (QED) is 0.937. The highest BCUT2D eigenvalue weighted by Crippen LogP contribution is 2.24. The number of thiophene rings is 1. The molecule has 0 amide bonds. The molecule has 1 saturated heterocycles. The normalized spacial score (nSPS) is 17.7. The third-order valence-electron chi connectivity index (χ3n) is 3.94. The lowest BCUT2D eigenvalue weighted by atomic mass is 10.1. The first kappa shape index (κ1) is 15.4. The van der Waals surface area contributed by atoms with E-state index in [-0.39, 0.29) is 5.56 Å². The number of halogens is 2. The van der Waals surface area contributed by atoms with Crippen LogP contribution in [0.5, 0.6) is 0 Å². The molecule has 22 heavy (non-hydrogen) atoms. The number of piperazine rings is 1. The summed E-state index contributed by atoms with van der Waals surface area (Å²) in [4.78, 5) is 4.42. The summed E-state index contributed by atoms with van der Waals surface area (Å²) in [6.07, 6.45) is -0.936. The lowest BCUT2D eigenvalue weighted by molar-refractivity contribution is 0.106. The van der Waals surface area contributed by atoms with Crippen LogP contribution in [0.1, 0.15) is 11.7 Å². The molecule has 6 heteroatoms. The van der Waals surface area contributed by atoms with Crippen molar-refractivity contribution in [1.82, 2.24) is 4.90 Å². The Morgan fingerprint density at radius 2 is 1.91 bits per heavy atom. The molecule has 1 atom stereocenters. The van der Waals surface area contributed by atoms with Gasteiger partial charge in [0.2, 0.25) is 0 Å². The van der Waals surface area contributed by atoms with E-state index in [9.17, 15) is 13.9 Å². The third-order valence-corrected chi connectivity index (χ3v) is 4.87. The van der Waals surface area contributed by atoms with Gasteiger partial charge in [-0.25, -0.2) is 8.78 Å². The fraction of sp³-hybridized carbons (Fsp3) is 0.375. The smallest absolute Gasteiger partial charge is 0.131 e. The van der Waals surface area contributed by atoms with Crippen molar-refractivity contribution in [3.63, 3.8) is 0 Å². The summed E-state index contributed by atoms with van der Waals surface area (Å²) in [6, 6.07) is 7.44. The van der Waals surface area contributed by atoms with Crippen LogP contribution < -0.4 is 4.90 Å². The molecule has 1 fully saturated rings. The maximum absolute atomic E-state index is 13.7. The molecule has 0 bridgehead atoms. The van der Waals surface area contributed by atoms with Crippen LogP contribution in [0.2, 0.25) is 0 Å². The molecule has 1 aromatic heterocycles. The van der Waals surface area contributed by atoms with Gasteiger partial charge in [0.25, 0.3) is 0 Å². The molecule has 1 unspecified atom stereocenters. The predicted molar refractivity (Wildman–Crippen MR) is 84.3 cm³/mol. The Hall–Kier alpha value is -1.50. The van der Waals surface area contributed by atoms with Gasteiger partial charge in [0.15, 0.2) is 0 Å². The number of aliphatic hydroxyl groups excluding tert-OH is 1. The Kier molecular flexibility index (Phi) is 4.71. The van der Waals surface area contributed by atoms with E-state index in [1.165, 1.54) is 17.1 Å². The summed E-state index contributed by atoms with van der Waals surface area (Å²) in [6.45, 7) is 3.77. The minimum absolute atomic E-state index is 0.155. The molecule has 1 aliphatic heterocycles. The lowest BCUT2D eigenvalue weighted by Gasteiger charge is -2.36. The van der Waals surface area contributed by atoms with Crippen LogP contribution in [0.4, 0.5) is 13.8 Å². The molecule has 1 N–H and O–H groups in total. The van der Waals surface area contributed by atoms with E-state index < -0.39 is 17.7 Å². The molecule has 1 aromatic carbocycles. The molecule has 0 saturated carbocycles. The molecular weight excluding hydrogens is 306 g/mol. The van der Waals surface area contributed by atoms with Crippen LogP contribution in [0.25, 0.3) is 0 Å². The van der Waals surface area contributed by atoms with Crippen molar-refractivity contribution < 1.29 is 13.9 Å². The van der Waals surface area contributed by atoms with E-state index >= 15 is 0 Å². The van der Waals surface area contributed by atoms with E-state index in [2.05, 4.69) is 21.2 Å². The van der Waals surface area contributed by atoms with Crippen LogP contribution >= 0.6 is 11.3 Å². The lowest BCUT2D eigenvalue weighted by Crippen LogP contribution is -2.47. The second kappa shape index (κ2) is 6.73. The number of nitrogens with zero attached hydrogens (tertiary/aromatic N) is 2. The second-order valence-electron chi connectivity index (χ2n) is 5.42. The van der Waals surface area contributed by atoms with Crippen LogP contribution in [-0.4, -0.2) is 42.7 Å². The first-order valence-electron chi connectivity index (χ1n) is 7.27. The Bertz CT molecular complexity index is 613. The van der Waals surface area contributed by atoms with E-state index in [1.807, 2.05) is 6.07 Å². The minimum Gasteiger partial charge on any atom is -0.387 e. The zero-order chi connectivity index (χ0) is 15.5. The van der Waals surface area contributed by atoms with Gasteiger partial charge in [0.1, 0.15) is 11.6 Å². The number of aliphatic hydroxyl groups is 1. The molecular formula is C16H18F2N2OS. The first-order chi connectivity index (χ1) is 10.6. The largest absolute Gasteiger partial charge is 0.387 e. The molecule has 2 aromatic rings. The highest BCUT2D eigenvalue weighted by atomic mass is 32.1. The molecule has 0 aliphatic carbocycles. The summed E-state index contributed by atoms with van der Waals surface area (Å²) in [7, 11) is 0. The molecule has 118 valence electrons. The van der Waals surface area contributed by atoms with Crippen molar-refractivity contribution in [2.75, 3.05) is 37.6 Å². The summed E-state index contributed by atoms with van der Waals surface area (Å²) >= 11 is 1.72. The van der Waals surface area contributed by atoms with Crippen molar-refractivity contribution >= 4 is 16.3 Å². The molecule has 3 nitrogen and oxygen atoms in total. The summed E-state index contributed by atoms with van der Waals surface area (Å²) < 4.78 is 26.6. The van der Waals surface area contributed by atoms with Crippen LogP contribution in [0.15, 0.2) is 35.7 Å². The van der Waals surface area contributed by atoms with Crippen LogP contribution in [-0.2, 0) is 0 Å². The van der Waals surface area contributed by atoms with Gasteiger partial charge in [-0.1, -0.05) is 6.07 Å². The van der Waals surface area contributed by atoms with Crippen LogP contribution in [0.3, 0.4) is 0 Å². The zero-order valence-electron chi connectivity index (χ0n) is 12.1. The topological polar surface area (TPSA) is 26.7 Å². The average Bonchev–Trinajstić information content (AvgIpc) is 3.02. The van der Waals surface area contributed by atoms with Gasteiger partial charge < -0.3 is 10.0 Å². The highest BCUT2D eigenvalue weighted by molar-refractivity contribution is 7.14. The average molecular weight is 324 g/mol. The Morgan fingerprint density at radius 1 is 1.14 bits per heavy atom. The molecule has 0 spiro atoms. The molecule has 3 rings (SSSR count). The molecule has 2 heterocycles. The monoisotopic (exact) mass is 324 g/mol. The summed E-state index contributed by atoms with van der Waals surface area (Å²) in [5.74, 6) is -1.32. The van der Waals surface area contributed by atoms with Gasteiger partial charge in [-0.05, 0) is 23.6 Å². The summed E-state index contributed by atoms with van der Waals surface area (Å²) in [5.41, 5.74) is 0.155. The number of hydrogen-bond donors (Lipinski definition) is 1. The second-order valence-corrected chi connectivity index (χ2v) is 6.35. The highest BCUT2D eigenvalue weighted by Gasteiger charge is 2.22. The van der Waals surface area contributed by atoms with E-state index in [0.717, 1.165) is 32.2 Å². The zero-order valence-corrected chi connectivity index (χ0v) is 12.9. The Morgan fingerprint density at radius 3 is 2.55 bits per heavy atom. The number of rotatable bonds is 4. The van der Waals surface area contributed by atoms with Crippen molar-refractivity contribution in [3.05, 3.63) is 52.9 Å². The Labute approximate surface area is 132 Å². The van der Waals surface area contributed by atoms with Gasteiger partial charge in [0.05, 0.1) is 11.1 Å². The van der Waals surface area contributed by atoms with Crippen molar-refractivity contribution in [3.8, 4) is 0 Å². The standard InChI is InChI=1S/C16H18F2N2OS/c17-12-3-4-13(14(18)10-12)15(21)11-19-5-7-20(8-6-19)16-2-1-9-22-16/h1-4,9-10,15,21H,5-8,11H2. The minimum atomic E-state index is -0.936. The molecule has 0 radical (unpaired) electrons. The number of β-amino-alcohol motifs (C(OH)–C–C–N with tert-alkyl or cyclic N) is 1. The number of anilines is 1. The number of hydrogen-bond acceptors (Lipinski definition) is 4.